The number of anilines is 1. The number of hydrogen-bond acceptors (Lipinski definition) is 8. The van der Waals surface area contributed by atoms with Crippen LogP contribution in [0.3, 0.4) is 0 Å². The Balaban J connectivity index is 1.72. The fourth-order valence-electron chi connectivity index (χ4n) is 4.36. The second kappa shape index (κ2) is 12.6. The van der Waals surface area contributed by atoms with Crippen molar-refractivity contribution >= 4 is 29.2 Å². The van der Waals surface area contributed by atoms with Crippen molar-refractivity contribution in [2.75, 3.05) is 26.6 Å². The van der Waals surface area contributed by atoms with E-state index in [-0.39, 0.29) is 45.3 Å². The van der Waals surface area contributed by atoms with Gasteiger partial charge in [-0.1, -0.05) is 23.7 Å². The third kappa shape index (κ3) is 6.48. The maximum absolute atomic E-state index is 13.4. The van der Waals surface area contributed by atoms with Gasteiger partial charge in [0.05, 0.1) is 39.4 Å². The van der Waals surface area contributed by atoms with Crippen molar-refractivity contribution in [3.05, 3.63) is 81.5 Å². The van der Waals surface area contributed by atoms with E-state index < -0.39 is 35.3 Å². The molecule has 11 nitrogen and oxygen atoms in total. The molecule has 1 amide bonds. The molecule has 1 N–H and O–H groups in total. The number of aromatic nitrogens is 4. The van der Waals surface area contributed by atoms with Gasteiger partial charge in [0, 0.05) is 34.0 Å². The van der Waals surface area contributed by atoms with Crippen LogP contribution in [0.15, 0.2) is 59.7 Å². The van der Waals surface area contributed by atoms with Crippen LogP contribution in [0.1, 0.15) is 35.4 Å². The number of rotatable bonds is 9. The Hall–Kier alpha value is -4.85. The second-order valence-corrected chi connectivity index (χ2v) is 9.46. The number of carbonyl (C=O) groups excluding carboxylic acids is 2. The number of amides is 1. The number of benzene rings is 2. The van der Waals surface area contributed by atoms with Crippen LogP contribution in [-0.2, 0) is 15.7 Å². The molecule has 0 aliphatic carbocycles. The standard InChI is InChI=1S/C28H25ClF3N5O6/c1-5-20(26(39)33-16-7-8-17(27(40)43-4)22(11-16)41-2)36-13-23(42-3)19(12-25(36)38)18-10-15(29)6-9-21(18)37-14-24(34-35-37)28(30,31)32/h6-14,20H,5H2,1-4H3,(H,33,39)/t20-/m0/s1. The van der Waals surface area contributed by atoms with Crippen LogP contribution in [0.5, 0.6) is 11.5 Å². The van der Waals surface area contributed by atoms with Crippen LogP contribution in [-0.4, -0.2) is 52.8 Å². The third-order valence-corrected chi connectivity index (χ3v) is 6.68. The molecule has 226 valence electrons. The number of halogens is 4. The Morgan fingerprint density at radius 3 is 2.33 bits per heavy atom. The maximum atomic E-state index is 13.4. The van der Waals surface area contributed by atoms with Crippen LogP contribution in [0, 0.1) is 0 Å². The van der Waals surface area contributed by atoms with Crippen molar-refractivity contribution in [2.45, 2.75) is 25.6 Å². The zero-order chi connectivity index (χ0) is 31.5. The van der Waals surface area contributed by atoms with Gasteiger partial charge in [-0.05, 0) is 36.8 Å². The third-order valence-electron chi connectivity index (χ3n) is 6.44. The quantitative estimate of drug-likeness (QED) is 0.255. The molecule has 2 aromatic carbocycles. The number of methoxy groups -OCH3 is 3. The van der Waals surface area contributed by atoms with Gasteiger partial charge in [0.2, 0.25) is 5.91 Å². The minimum absolute atomic E-state index is 0.134. The highest BCUT2D eigenvalue weighted by molar-refractivity contribution is 6.31. The monoisotopic (exact) mass is 619 g/mol. The smallest absolute Gasteiger partial charge is 0.436 e. The van der Waals surface area contributed by atoms with Crippen molar-refractivity contribution in [1.29, 1.82) is 0 Å². The van der Waals surface area contributed by atoms with Gasteiger partial charge in [0.1, 0.15) is 23.1 Å². The summed E-state index contributed by atoms with van der Waals surface area (Å²) >= 11 is 6.21. The normalized spacial score (nSPS) is 12.0. The topological polar surface area (TPSA) is 127 Å². The molecule has 0 bridgehead atoms. The summed E-state index contributed by atoms with van der Waals surface area (Å²) in [7, 11) is 3.93. The fraction of sp³-hybridized carbons (Fsp3) is 0.250. The molecule has 0 spiro atoms. The number of ether oxygens (including phenoxy) is 3. The summed E-state index contributed by atoms with van der Waals surface area (Å²) in [6, 6.07) is 8.89. The number of hydrogen-bond donors (Lipinski definition) is 1. The highest BCUT2D eigenvalue weighted by Crippen LogP contribution is 2.36. The van der Waals surface area contributed by atoms with Crippen LogP contribution in [0.25, 0.3) is 16.8 Å². The predicted molar refractivity (Wildman–Crippen MR) is 150 cm³/mol. The van der Waals surface area contributed by atoms with Crippen molar-refractivity contribution in [2.24, 2.45) is 0 Å². The van der Waals surface area contributed by atoms with E-state index in [4.69, 9.17) is 25.8 Å². The molecule has 0 fully saturated rings. The van der Waals surface area contributed by atoms with Crippen LogP contribution >= 0.6 is 11.6 Å². The van der Waals surface area contributed by atoms with E-state index in [1.165, 1.54) is 74.6 Å². The zero-order valence-electron chi connectivity index (χ0n) is 23.2. The summed E-state index contributed by atoms with van der Waals surface area (Å²) < 4.78 is 57.1. The second-order valence-electron chi connectivity index (χ2n) is 9.03. The molecular formula is C28H25ClF3N5O6. The molecular weight excluding hydrogens is 595 g/mol. The summed E-state index contributed by atoms with van der Waals surface area (Å²) in [5, 5.41) is 9.74. The van der Waals surface area contributed by atoms with Crippen molar-refractivity contribution in [1.82, 2.24) is 19.6 Å². The average molecular weight is 620 g/mol. The van der Waals surface area contributed by atoms with E-state index >= 15 is 0 Å². The van der Waals surface area contributed by atoms with Crippen molar-refractivity contribution in [3.63, 3.8) is 0 Å². The Kier molecular flexibility index (Phi) is 9.09. The van der Waals surface area contributed by atoms with Gasteiger partial charge < -0.3 is 19.5 Å². The summed E-state index contributed by atoms with van der Waals surface area (Å²) in [5.74, 6) is -0.854. The SMILES string of the molecule is CC[C@@H](C(=O)Nc1ccc(C(=O)OC)c(OC)c1)n1cc(OC)c(-c2cc(Cl)ccc2-n2cc(C(F)(F)F)nn2)cc1=O. The van der Waals surface area contributed by atoms with Crippen LogP contribution in [0.4, 0.5) is 18.9 Å². The number of nitrogens with one attached hydrogen (secondary N) is 1. The lowest BCUT2D eigenvalue weighted by atomic mass is 10.0. The van der Waals surface area contributed by atoms with Crippen molar-refractivity contribution in [3.8, 4) is 28.3 Å². The first kappa shape index (κ1) is 31.1. The Bertz CT molecular complexity index is 1740. The largest absolute Gasteiger partial charge is 0.496 e. The summed E-state index contributed by atoms with van der Waals surface area (Å²) in [6.07, 6.45) is -2.47. The average Bonchev–Trinajstić information content (AvgIpc) is 3.48. The molecule has 0 aliphatic rings. The Morgan fingerprint density at radius 1 is 1.00 bits per heavy atom. The minimum atomic E-state index is -4.72. The Morgan fingerprint density at radius 2 is 1.72 bits per heavy atom. The van der Waals surface area contributed by atoms with Gasteiger partial charge in [-0.3, -0.25) is 14.2 Å². The number of pyridine rings is 1. The van der Waals surface area contributed by atoms with E-state index in [1.807, 2.05) is 0 Å². The molecule has 4 rings (SSSR count). The van der Waals surface area contributed by atoms with Crippen LogP contribution < -0.4 is 20.3 Å². The summed E-state index contributed by atoms with van der Waals surface area (Å²) in [5.41, 5.74) is -0.753. The van der Waals surface area contributed by atoms with Gasteiger partial charge in [0.25, 0.3) is 5.56 Å². The van der Waals surface area contributed by atoms with E-state index in [9.17, 15) is 27.6 Å². The molecule has 2 heterocycles. The number of alkyl halides is 3. The molecule has 0 saturated carbocycles. The summed E-state index contributed by atoms with van der Waals surface area (Å²) in [4.78, 5) is 38.7. The molecule has 0 saturated heterocycles. The van der Waals surface area contributed by atoms with E-state index in [0.29, 0.717) is 11.9 Å². The van der Waals surface area contributed by atoms with Crippen LogP contribution in [0.2, 0.25) is 5.02 Å². The first-order chi connectivity index (χ1) is 20.4. The van der Waals surface area contributed by atoms with E-state index in [1.54, 1.807) is 6.92 Å². The number of carbonyl (C=O) groups is 2. The lowest BCUT2D eigenvalue weighted by Crippen LogP contribution is -2.32. The molecule has 4 aromatic rings. The summed E-state index contributed by atoms with van der Waals surface area (Å²) in [6.45, 7) is 1.70. The van der Waals surface area contributed by atoms with Gasteiger partial charge >= 0.3 is 12.1 Å². The molecule has 43 heavy (non-hydrogen) atoms. The number of nitrogens with zero attached hydrogens (tertiary/aromatic N) is 4. The fourth-order valence-corrected chi connectivity index (χ4v) is 4.53. The highest BCUT2D eigenvalue weighted by Gasteiger charge is 2.35. The Labute approximate surface area is 247 Å². The van der Waals surface area contributed by atoms with Gasteiger partial charge in [0.15, 0.2) is 5.69 Å². The molecule has 0 radical (unpaired) electrons. The van der Waals surface area contributed by atoms with E-state index in [0.717, 1.165) is 4.68 Å². The first-order valence-electron chi connectivity index (χ1n) is 12.6. The van der Waals surface area contributed by atoms with Crippen molar-refractivity contribution < 1.29 is 37.0 Å². The van der Waals surface area contributed by atoms with Gasteiger partial charge in [-0.2, -0.15) is 13.2 Å². The minimum Gasteiger partial charge on any atom is -0.496 e. The maximum Gasteiger partial charge on any atom is 0.436 e. The molecule has 1 atom stereocenters. The molecule has 0 unspecified atom stereocenters. The van der Waals surface area contributed by atoms with Gasteiger partial charge in [-0.25, -0.2) is 9.48 Å². The first-order valence-corrected chi connectivity index (χ1v) is 13.0. The predicted octanol–water partition coefficient (Wildman–Crippen LogP) is 5.16. The molecule has 2 aromatic heterocycles. The van der Waals surface area contributed by atoms with Gasteiger partial charge in [-0.15, -0.1) is 5.10 Å². The lowest BCUT2D eigenvalue weighted by Gasteiger charge is -2.21. The molecule has 15 heteroatoms. The van der Waals surface area contributed by atoms with E-state index in [2.05, 4.69) is 15.6 Å². The highest BCUT2D eigenvalue weighted by atomic mass is 35.5. The number of esters is 1. The zero-order valence-corrected chi connectivity index (χ0v) is 24.0. The lowest BCUT2D eigenvalue weighted by molar-refractivity contribution is -0.141. The molecule has 0 aliphatic heterocycles.